The minimum absolute atomic E-state index is 0.0361. The number of benzene rings is 4. The van der Waals surface area contributed by atoms with E-state index in [4.69, 9.17) is 4.74 Å². The molecule has 1 unspecified atom stereocenters. The molecular formula is C35H33N3O5. The maximum absolute atomic E-state index is 13.9. The van der Waals surface area contributed by atoms with Gasteiger partial charge in [0.2, 0.25) is 5.91 Å². The normalized spacial score (nSPS) is 14.5. The Hall–Kier alpha value is -5.24. The maximum atomic E-state index is 13.9. The van der Waals surface area contributed by atoms with E-state index in [2.05, 4.69) is 5.32 Å². The van der Waals surface area contributed by atoms with Crippen molar-refractivity contribution in [2.24, 2.45) is 0 Å². The van der Waals surface area contributed by atoms with E-state index >= 15 is 0 Å². The number of carbonyl (C=O) groups excluding carboxylic acids is 4. The zero-order valence-electron chi connectivity index (χ0n) is 24.4. The molecule has 43 heavy (non-hydrogen) atoms. The number of fused-ring (bicyclic) bond motifs is 1. The molecule has 1 N–H and O–H groups in total. The third kappa shape index (κ3) is 6.33. The molecule has 5 rings (SSSR count). The summed E-state index contributed by atoms with van der Waals surface area (Å²) in [5, 5.41) is 2.94. The van der Waals surface area contributed by atoms with Gasteiger partial charge in [0.25, 0.3) is 11.8 Å². The number of rotatable bonds is 7. The van der Waals surface area contributed by atoms with Crippen LogP contribution in [0.1, 0.15) is 46.5 Å². The number of anilines is 3. The van der Waals surface area contributed by atoms with Crippen molar-refractivity contribution in [1.29, 1.82) is 0 Å². The number of hydrogen-bond donors (Lipinski definition) is 1. The fraction of sp³-hybridized carbons (Fsp3) is 0.200. The second-order valence-corrected chi connectivity index (χ2v) is 10.4. The summed E-state index contributed by atoms with van der Waals surface area (Å²) in [5.74, 6) is -1.34. The minimum atomic E-state index is -0.516. The summed E-state index contributed by atoms with van der Waals surface area (Å²) in [4.78, 5) is 55.5. The zero-order chi connectivity index (χ0) is 30.5. The Morgan fingerprint density at radius 1 is 0.860 bits per heavy atom. The second-order valence-electron chi connectivity index (χ2n) is 10.4. The van der Waals surface area contributed by atoms with Crippen LogP contribution in [0, 0.1) is 6.92 Å². The van der Waals surface area contributed by atoms with Crippen LogP contribution in [0.5, 0.6) is 0 Å². The van der Waals surface area contributed by atoms with Crippen molar-refractivity contribution in [2.75, 3.05) is 28.3 Å². The molecule has 0 bridgehead atoms. The maximum Gasteiger partial charge on any atom is 0.326 e. The van der Waals surface area contributed by atoms with E-state index in [9.17, 15) is 19.2 Å². The molecule has 0 spiro atoms. The number of para-hydroxylation sites is 2. The molecule has 4 aromatic rings. The Morgan fingerprint density at radius 2 is 1.51 bits per heavy atom. The number of ether oxygens (including phenoxy) is 1. The fourth-order valence-corrected chi connectivity index (χ4v) is 5.24. The molecule has 1 aliphatic heterocycles. The first-order valence-electron chi connectivity index (χ1n) is 14.2. The zero-order valence-corrected chi connectivity index (χ0v) is 24.4. The molecule has 218 valence electrons. The van der Waals surface area contributed by atoms with Gasteiger partial charge in [-0.25, -0.2) is 0 Å². The van der Waals surface area contributed by atoms with Crippen molar-refractivity contribution in [1.82, 2.24) is 0 Å². The second kappa shape index (κ2) is 12.7. The Labute approximate surface area is 250 Å². The monoisotopic (exact) mass is 575 g/mol. The molecule has 1 atom stereocenters. The predicted octanol–water partition coefficient (Wildman–Crippen LogP) is 6.25. The van der Waals surface area contributed by atoms with Crippen LogP contribution in [0.3, 0.4) is 0 Å². The van der Waals surface area contributed by atoms with Crippen molar-refractivity contribution < 1.29 is 23.9 Å². The summed E-state index contributed by atoms with van der Waals surface area (Å²) in [7, 11) is 0. The van der Waals surface area contributed by atoms with Gasteiger partial charge in [0, 0.05) is 29.3 Å². The summed E-state index contributed by atoms with van der Waals surface area (Å²) in [6.07, 6.45) is 0.0361. The number of amides is 3. The SMILES string of the molecule is CCOC(=O)CN1C(=O)CC(C)N(C(=O)c2ccc(NC(=O)c3ccccc3-c3ccc(C)cc3)cc2)c2ccccc21. The quantitative estimate of drug-likeness (QED) is 0.263. The van der Waals surface area contributed by atoms with Crippen LogP contribution in [0.25, 0.3) is 11.1 Å². The molecule has 4 aromatic carbocycles. The summed E-state index contributed by atoms with van der Waals surface area (Å²) < 4.78 is 5.08. The van der Waals surface area contributed by atoms with E-state index in [0.29, 0.717) is 28.2 Å². The Morgan fingerprint density at radius 3 is 2.21 bits per heavy atom. The number of nitrogens with one attached hydrogen (secondary N) is 1. The first-order valence-corrected chi connectivity index (χ1v) is 14.2. The molecule has 3 amide bonds. The van der Waals surface area contributed by atoms with Crippen LogP contribution in [-0.2, 0) is 14.3 Å². The lowest BCUT2D eigenvalue weighted by Gasteiger charge is -2.28. The van der Waals surface area contributed by atoms with Crippen molar-refractivity contribution in [3.8, 4) is 11.1 Å². The Bertz CT molecular complexity index is 1660. The van der Waals surface area contributed by atoms with E-state index < -0.39 is 12.0 Å². The van der Waals surface area contributed by atoms with Crippen LogP contribution in [0.4, 0.5) is 17.1 Å². The summed E-state index contributed by atoms with van der Waals surface area (Å²) in [5.41, 5.74) is 5.38. The molecule has 8 heteroatoms. The molecule has 0 saturated carbocycles. The van der Waals surface area contributed by atoms with Crippen molar-refractivity contribution in [3.05, 3.63) is 114 Å². The van der Waals surface area contributed by atoms with E-state index in [0.717, 1.165) is 16.7 Å². The highest BCUT2D eigenvalue weighted by molar-refractivity contribution is 6.13. The number of hydrogen-bond acceptors (Lipinski definition) is 5. The number of carbonyl (C=O) groups is 4. The van der Waals surface area contributed by atoms with Crippen LogP contribution < -0.4 is 15.1 Å². The molecular weight excluding hydrogens is 542 g/mol. The third-order valence-electron chi connectivity index (χ3n) is 7.38. The van der Waals surface area contributed by atoms with Crippen LogP contribution in [0.2, 0.25) is 0 Å². The van der Waals surface area contributed by atoms with Crippen LogP contribution >= 0.6 is 0 Å². The van der Waals surface area contributed by atoms with E-state index in [-0.39, 0.29) is 37.3 Å². The van der Waals surface area contributed by atoms with Gasteiger partial charge < -0.3 is 15.0 Å². The average molecular weight is 576 g/mol. The van der Waals surface area contributed by atoms with Gasteiger partial charge in [0.15, 0.2) is 0 Å². The summed E-state index contributed by atoms with van der Waals surface area (Å²) >= 11 is 0. The van der Waals surface area contributed by atoms with Gasteiger partial charge in [-0.1, -0.05) is 60.2 Å². The molecule has 0 saturated heterocycles. The predicted molar refractivity (Wildman–Crippen MR) is 167 cm³/mol. The van der Waals surface area contributed by atoms with Crippen molar-refractivity contribution in [2.45, 2.75) is 33.2 Å². The minimum Gasteiger partial charge on any atom is -0.465 e. The lowest BCUT2D eigenvalue weighted by Crippen LogP contribution is -2.40. The lowest BCUT2D eigenvalue weighted by atomic mass is 9.98. The largest absolute Gasteiger partial charge is 0.465 e. The van der Waals surface area contributed by atoms with Gasteiger partial charge in [0.1, 0.15) is 6.54 Å². The van der Waals surface area contributed by atoms with Crippen molar-refractivity contribution in [3.63, 3.8) is 0 Å². The highest BCUT2D eigenvalue weighted by Crippen LogP contribution is 2.36. The van der Waals surface area contributed by atoms with Gasteiger partial charge in [-0.3, -0.25) is 24.1 Å². The van der Waals surface area contributed by atoms with Gasteiger partial charge in [-0.2, -0.15) is 0 Å². The average Bonchev–Trinajstić information content (AvgIpc) is 3.11. The smallest absolute Gasteiger partial charge is 0.326 e. The van der Waals surface area contributed by atoms with Gasteiger partial charge in [-0.05, 0) is 74.4 Å². The first kappa shape index (κ1) is 29.3. The van der Waals surface area contributed by atoms with Crippen LogP contribution in [-0.4, -0.2) is 42.9 Å². The lowest BCUT2D eigenvalue weighted by molar-refractivity contribution is -0.142. The van der Waals surface area contributed by atoms with Gasteiger partial charge >= 0.3 is 5.97 Å². The van der Waals surface area contributed by atoms with Crippen LogP contribution in [0.15, 0.2) is 97.1 Å². The highest BCUT2D eigenvalue weighted by atomic mass is 16.5. The summed E-state index contributed by atoms with van der Waals surface area (Å²) in [6.45, 7) is 5.50. The Balaban J connectivity index is 1.37. The van der Waals surface area contributed by atoms with E-state index in [1.165, 1.54) is 4.90 Å². The molecule has 1 heterocycles. The topological polar surface area (TPSA) is 96.0 Å². The van der Waals surface area contributed by atoms with Crippen molar-refractivity contribution >= 4 is 40.8 Å². The molecule has 1 aliphatic rings. The number of aryl methyl sites for hydroxylation is 1. The molecule has 0 aliphatic carbocycles. The third-order valence-corrected chi connectivity index (χ3v) is 7.38. The first-order chi connectivity index (χ1) is 20.8. The summed E-state index contributed by atoms with van der Waals surface area (Å²) in [6, 6.07) is 28.7. The number of esters is 1. The highest BCUT2D eigenvalue weighted by Gasteiger charge is 2.35. The molecule has 0 fully saturated rings. The van der Waals surface area contributed by atoms with Gasteiger partial charge in [-0.15, -0.1) is 0 Å². The molecule has 8 nitrogen and oxygen atoms in total. The van der Waals surface area contributed by atoms with E-state index in [1.54, 1.807) is 73.3 Å². The van der Waals surface area contributed by atoms with Gasteiger partial charge in [0.05, 0.1) is 18.0 Å². The van der Waals surface area contributed by atoms with E-state index in [1.807, 2.05) is 49.4 Å². The standard InChI is InChI=1S/C35H33N3O5/c1-4-43-33(40)22-37-30-11-7-8-12-31(30)38(24(3)21-32(37)39)35(42)26-17-19-27(20-18-26)36-34(41)29-10-6-5-9-28(29)25-15-13-23(2)14-16-25/h5-20,24H,4,21-22H2,1-3H3,(H,36,41). The number of nitrogens with zero attached hydrogens (tertiary/aromatic N) is 2. The molecule has 0 aromatic heterocycles. The Kier molecular flexibility index (Phi) is 8.66. The molecule has 0 radical (unpaired) electrons. The fourth-order valence-electron chi connectivity index (χ4n) is 5.24.